The minimum Gasteiger partial charge on any atom is -0.494 e. The van der Waals surface area contributed by atoms with Crippen molar-refractivity contribution in [3.05, 3.63) is 88.0 Å². The van der Waals surface area contributed by atoms with Gasteiger partial charge in [0.15, 0.2) is 0 Å². The molecule has 3 atom stereocenters. The summed E-state index contributed by atoms with van der Waals surface area (Å²) in [6.45, 7) is 0. The molecule has 3 aromatic carbocycles. The van der Waals surface area contributed by atoms with Gasteiger partial charge in [0.1, 0.15) is 5.75 Å². The highest BCUT2D eigenvalue weighted by Crippen LogP contribution is 2.53. The van der Waals surface area contributed by atoms with Crippen molar-refractivity contribution in [2.75, 3.05) is 12.4 Å². The summed E-state index contributed by atoms with van der Waals surface area (Å²) in [5.74, 6) is 0.965. The molecule has 0 fully saturated rings. The number of nitrogens with one attached hydrogen (secondary N) is 1. The Hall–Kier alpha value is -3.34. The van der Waals surface area contributed by atoms with Crippen molar-refractivity contribution >= 4 is 22.1 Å². The highest BCUT2D eigenvalue weighted by atomic mass is 16.6. The van der Waals surface area contributed by atoms with Crippen LogP contribution in [-0.2, 0) is 0 Å². The van der Waals surface area contributed by atoms with Gasteiger partial charge < -0.3 is 10.1 Å². The fourth-order valence-corrected chi connectivity index (χ4v) is 4.75. The average molecular weight is 372 g/mol. The number of ether oxygens (including phenoxy) is 1. The molecule has 0 bridgehead atoms. The molecule has 5 heteroatoms. The van der Waals surface area contributed by atoms with E-state index in [1.165, 1.54) is 22.4 Å². The predicted molar refractivity (Wildman–Crippen MR) is 110 cm³/mol. The van der Waals surface area contributed by atoms with Gasteiger partial charge in [-0.15, -0.1) is 0 Å². The standard InChI is InChI=1S/C23H20N2O3/c1-28-21-13-15(25(26)27)12-20-17-9-5-11-19(17)22(24-23(20)21)18-10-4-7-14-6-2-3-8-16(14)18/h2-10,12-13,17,19,22,24H,11H2,1H3/t17-,19+,22-/m1/s1. The number of methoxy groups -OCH3 is 1. The lowest BCUT2D eigenvalue weighted by atomic mass is 9.76. The van der Waals surface area contributed by atoms with Gasteiger partial charge in [-0.25, -0.2) is 0 Å². The van der Waals surface area contributed by atoms with E-state index in [9.17, 15) is 10.1 Å². The normalized spacial score (nSPS) is 22.4. The zero-order valence-corrected chi connectivity index (χ0v) is 15.5. The molecule has 5 rings (SSSR count). The molecule has 140 valence electrons. The number of allylic oxidation sites excluding steroid dienone is 2. The second-order valence-electron chi connectivity index (χ2n) is 7.41. The summed E-state index contributed by atoms with van der Waals surface area (Å²) in [4.78, 5) is 11.0. The zero-order valence-electron chi connectivity index (χ0n) is 15.5. The first-order valence-electron chi connectivity index (χ1n) is 9.44. The molecule has 0 radical (unpaired) electrons. The molecule has 0 saturated carbocycles. The molecule has 0 spiro atoms. The number of non-ortho nitro benzene ring substituents is 1. The van der Waals surface area contributed by atoms with Gasteiger partial charge in [-0.3, -0.25) is 10.1 Å². The summed E-state index contributed by atoms with van der Waals surface area (Å²) in [5, 5.41) is 17.5. The van der Waals surface area contributed by atoms with Gasteiger partial charge in [0.05, 0.1) is 29.8 Å². The van der Waals surface area contributed by atoms with Crippen LogP contribution < -0.4 is 10.1 Å². The Morgan fingerprint density at radius 1 is 1.11 bits per heavy atom. The molecule has 1 aliphatic heterocycles. The first-order chi connectivity index (χ1) is 13.7. The van der Waals surface area contributed by atoms with Crippen molar-refractivity contribution in [3.63, 3.8) is 0 Å². The summed E-state index contributed by atoms with van der Waals surface area (Å²) in [6, 6.07) is 18.1. The van der Waals surface area contributed by atoms with Crippen LogP contribution in [0.1, 0.15) is 29.5 Å². The van der Waals surface area contributed by atoms with Gasteiger partial charge in [-0.2, -0.15) is 0 Å². The number of rotatable bonds is 3. The van der Waals surface area contributed by atoms with Crippen LogP contribution in [0.5, 0.6) is 5.75 Å². The molecule has 1 N–H and O–H groups in total. The van der Waals surface area contributed by atoms with Crippen molar-refractivity contribution in [2.24, 2.45) is 5.92 Å². The lowest BCUT2D eigenvalue weighted by Crippen LogP contribution is -2.29. The topological polar surface area (TPSA) is 64.4 Å². The van der Waals surface area contributed by atoms with Crippen LogP contribution in [0.2, 0.25) is 0 Å². The molecule has 0 unspecified atom stereocenters. The van der Waals surface area contributed by atoms with Crippen LogP contribution in [0.3, 0.4) is 0 Å². The highest BCUT2D eigenvalue weighted by molar-refractivity contribution is 5.87. The smallest absolute Gasteiger partial charge is 0.273 e. The fraction of sp³-hybridized carbons (Fsp3) is 0.217. The summed E-state index contributed by atoms with van der Waals surface area (Å²) in [7, 11) is 1.56. The molecular formula is C23H20N2O3. The van der Waals surface area contributed by atoms with Crippen LogP contribution in [0.15, 0.2) is 66.7 Å². The SMILES string of the molecule is COc1cc([N+](=O)[O-])cc2c1N[C@H](c1cccc3ccccc13)[C@H]1CC=C[C@@H]21. The third kappa shape index (κ3) is 2.47. The van der Waals surface area contributed by atoms with Crippen molar-refractivity contribution in [1.29, 1.82) is 0 Å². The average Bonchev–Trinajstić information content (AvgIpc) is 3.22. The first kappa shape index (κ1) is 16.8. The Morgan fingerprint density at radius 2 is 1.93 bits per heavy atom. The predicted octanol–water partition coefficient (Wildman–Crippen LogP) is 5.58. The third-order valence-corrected chi connectivity index (χ3v) is 6.01. The van der Waals surface area contributed by atoms with Crippen LogP contribution in [-0.4, -0.2) is 12.0 Å². The maximum Gasteiger partial charge on any atom is 0.273 e. The molecule has 28 heavy (non-hydrogen) atoms. The fourth-order valence-electron chi connectivity index (χ4n) is 4.75. The van der Waals surface area contributed by atoms with E-state index in [0.717, 1.165) is 17.7 Å². The number of nitrogens with zero attached hydrogens (tertiary/aromatic N) is 1. The first-order valence-corrected chi connectivity index (χ1v) is 9.44. The summed E-state index contributed by atoms with van der Waals surface area (Å²) in [6.07, 6.45) is 5.32. The Labute approximate surface area is 162 Å². The second kappa shape index (κ2) is 6.37. The zero-order chi connectivity index (χ0) is 19.3. The molecule has 0 aromatic heterocycles. The Kier molecular flexibility index (Phi) is 3.83. The van der Waals surface area contributed by atoms with Crippen molar-refractivity contribution < 1.29 is 9.66 Å². The quantitative estimate of drug-likeness (QED) is 0.370. The number of hydrogen-bond acceptors (Lipinski definition) is 4. The number of nitro benzene ring substituents is 1. The van der Waals surface area contributed by atoms with Crippen LogP contribution in [0.25, 0.3) is 10.8 Å². The Morgan fingerprint density at radius 3 is 2.75 bits per heavy atom. The molecule has 0 amide bonds. The lowest BCUT2D eigenvalue weighted by Gasteiger charge is -2.38. The minimum atomic E-state index is -0.354. The van der Waals surface area contributed by atoms with E-state index >= 15 is 0 Å². The number of benzene rings is 3. The summed E-state index contributed by atoms with van der Waals surface area (Å²) < 4.78 is 5.53. The number of anilines is 1. The third-order valence-electron chi connectivity index (χ3n) is 6.01. The molecule has 2 aliphatic rings. The van der Waals surface area contributed by atoms with E-state index in [1.807, 2.05) is 0 Å². The van der Waals surface area contributed by atoms with E-state index < -0.39 is 0 Å². The number of hydrogen-bond donors (Lipinski definition) is 1. The van der Waals surface area contributed by atoms with E-state index in [2.05, 4.69) is 59.9 Å². The van der Waals surface area contributed by atoms with Crippen LogP contribution >= 0.6 is 0 Å². The highest BCUT2D eigenvalue weighted by Gasteiger charge is 2.40. The van der Waals surface area contributed by atoms with Crippen molar-refractivity contribution in [2.45, 2.75) is 18.4 Å². The molecule has 5 nitrogen and oxygen atoms in total. The van der Waals surface area contributed by atoms with Crippen LogP contribution in [0.4, 0.5) is 11.4 Å². The van der Waals surface area contributed by atoms with Gasteiger partial charge >= 0.3 is 0 Å². The molecule has 1 heterocycles. The molecule has 3 aromatic rings. The van der Waals surface area contributed by atoms with E-state index in [4.69, 9.17) is 4.74 Å². The molecule has 1 aliphatic carbocycles. The summed E-state index contributed by atoms with van der Waals surface area (Å²) >= 11 is 0. The van der Waals surface area contributed by atoms with Crippen molar-refractivity contribution in [3.8, 4) is 5.75 Å². The maximum atomic E-state index is 11.4. The van der Waals surface area contributed by atoms with Gasteiger partial charge in [0, 0.05) is 12.0 Å². The maximum absolute atomic E-state index is 11.4. The monoisotopic (exact) mass is 372 g/mol. The lowest BCUT2D eigenvalue weighted by molar-refractivity contribution is -0.385. The minimum absolute atomic E-state index is 0.0695. The second-order valence-corrected chi connectivity index (χ2v) is 7.41. The number of nitro groups is 1. The van der Waals surface area contributed by atoms with Crippen LogP contribution in [0, 0.1) is 16.0 Å². The molecule has 0 saturated heterocycles. The van der Waals surface area contributed by atoms with E-state index in [0.29, 0.717) is 11.7 Å². The van der Waals surface area contributed by atoms with Gasteiger partial charge in [-0.1, -0.05) is 54.6 Å². The van der Waals surface area contributed by atoms with Gasteiger partial charge in [0.25, 0.3) is 5.69 Å². The van der Waals surface area contributed by atoms with E-state index in [-0.39, 0.29) is 22.6 Å². The Balaban J connectivity index is 1.69. The largest absolute Gasteiger partial charge is 0.494 e. The summed E-state index contributed by atoms with van der Waals surface area (Å²) in [5.41, 5.74) is 3.13. The van der Waals surface area contributed by atoms with Gasteiger partial charge in [0.2, 0.25) is 0 Å². The number of fused-ring (bicyclic) bond motifs is 4. The Bertz CT molecular complexity index is 1120. The molecular weight excluding hydrogens is 352 g/mol. The van der Waals surface area contributed by atoms with Crippen molar-refractivity contribution in [1.82, 2.24) is 0 Å². The van der Waals surface area contributed by atoms with E-state index in [1.54, 1.807) is 13.2 Å². The van der Waals surface area contributed by atoms with Gasteiger partial charge in [-0.05, 0) is 34.2 Å².